The number of amides is 1. The predicted molar refractivity (Wildman–Crippen MR) is 127 cm³/mol. The van der Waals surface area contributed by atoms with Crippen molar-refractivity contribution < 1.29 is 23.1 Å². The molecule has 0 aliphatic heterocycles. The van der Waals surface area contributed by atoms with Gasteiger partial charge in [-0.3, -0.25) is 4.79 Å². The van der Waals surface area contributed by atoms with E-state index in [1.165, 1.54) is 25.7 Å². The number of rotatable bonds is 19. The fourth-order valence-electron chi connectivity index (χ4n) is 2.37. The van der Waals surface area contributed by atoms with Crippen LogP contribution in [0.2, 0.25) is 0 Å². The maximum atomic E-state index is 11.6. The Balaban J connectivity index is 3.50. The Morgan fingerprint density at radius 3 is 1.97 bits per heavy atom. The van der Waals surface area contributed by atoms with E-state index < -0.39 is 7.82 Å². The van der Waals surface area contributed by atoms with Gasteiger partial charge in [-0.2, -0.15) is 0 Å². The van der Waals surface area contributed by atoms with Gasteiger partial charge >= 0.3 is 7.82 Å². The normalized spacial score (nSPS) is 12.8. The molecular formula is C22H38NO5PS. The van der Waals surface area contributed by atoms with Crippen molar-refractivity contribution in [2.24, 2.45) is 0 Å². The Labute approximate surface area is 186 Å². The number of allylic oxidation sites excluding steroid dienone is 8. The topological polar surface area (TPSA) is 95.9 Å². The number of phosphoric acid groups is 1. The Hall–Kier alpha value is -1.11. The monoisotopic (exact) mass is 459 g/mol. The minimum Gasteiger partial charge on any atom is -0.355 e. The Bertz CT molecular complexity index is 584. The maximum absolute atomic E-state index is 11.6. The first-order valence-corrected chi connectivity index (χ1v) is 13.1. The molecule has 0 rings (SSSR count). The average Bonchev–Trinajstić information content (AvgIpc) is 2.69. The first-order valence-electron chi connectivity index (χ1n) is 10.7. The summed E-state index contributed by atoms with van der Waals surface area (Å²) in [4.78, 5) is 28.6. The van der Waals surface area contributed by atoms with Crippen molar-refractivity contribution in [2.75, 3.05) is 12.3 Å². The molecule has 8 heteroatoms. The average molecular weight is 460 g/mol. The van der Waals surface area contributed by atoms with Gasteiger partial charge in [0.05, 0.1) is 0 Å². The van der Waals surface area contributed by atoms with Gasteiger partial charge in [-0.25, -0.2) is 8.54 Å². The summed E-state index contributed by atoms with van der Waals surface area (Å²) in [5.74, 6) is 0.219. The molecule has 0 radical (unpaired) electrons. The largest absolute Gasteiger partial charge is 0.480 e. The predicted octanol–water partition coefficient (Wildman–Crippen LogP) is 6.01. The molecule has 172 valence electrons. The second-order valence-electron chi connectivity index (χ2n) is 6.72. The van der Waals surface area contributed by atoms with Crippen LogP contribution in [0.1, 0.15) is 71.1 Å². The highest BCUT2D eigenvalue weighted by Crippen LogP contribution is 2.40. The summed E-state index contributed by atoms with van der Waals surface area (Å²) in [5, 5.41) is 2.68. The van der Waals surface area contributed by atoms with Gasteiger partial charge in [-0.15, -0.1) is 0 Å². The van der Waals surface area contributed by atoms with E-state index in [9.17, 15) is 9.36 Å². The molecule has 0 aromatic carbocycles. The second kappa shape index (κ2) is 21.1. The van der Waals surface area contributed by atoms with Gasteiger partial charge in [-0.1, -0.05) is 68.4 Å². The Kier molecular flexibility index (Phi) is 20.4. The van der Waals surface area contributed by atoms with Crippen LogP contribution in [0.4, 0.5) is 0 Å². The smallest absolute Gasteiger partial charge is 0.355 e. The third-order valence-electron chi connectivity index (χ3n) is 3.89. The lowest BCUT2D eigenvalue weighted by Crippen LogP contribution is -2.25. The van der Waals surface area contributed by atoms with Crippen LogP contribution in [0.15, 0.2) is 48.6 Å². The highest BCUT2D eigenvalue weighted by molar-refractivity contribution is 7.97. The zero-order valence-electron chi connectivity index (χ0n) is 18.1. The van der Waals surface area contributed by atoms with E-state index in [1.807, 2.05) is 0 Å². The highest BCUT2D eigenvalue weighted by Gasteiger charge is 2.13. The molecule has 0 aromatic heterocycles. The molecule has 0 unspecified atom stereocenters. The van der Waals surface area contributed by atoms with Crippen LogP contribution < -0.4 is 5.32 Å². The molecule has 0 aliphatic carbocycles. The zero-order valence-corrected chi connectivity index (χ0v) is 19.8. The summed E-state index contributed by atoms with van der Waals surface area (Å²) in [6.07, 6.45) is 27.4. The van der Waals surface area contributed by atoms with Crippen molar-refractivity contribution in [1.82, 2.24) is 5.32 Å². The van der Waals surface area contributed by atoms with Crippen molar-refractivity contribution in [3.05, 3.63) is 48.6 Å². The van der Waals surface area contributed by atoms with Crippen molar-refractivity contribution >= 4 is 25.8 Å². The van der Waals surface area contributed by atoms with E-state index in [0.717, 1.165) is 32.1 Å². The van der Waals surface area contributed by atoms with E-state index in [-0.39, 0.29) is 11.7 Å². The molecule has 6 nitrogen and oxygen atoms in total. The molecule has 0 saturated carbocycles. The van der Waals surface area contributed by atoms with Gasteiger partial charge in [-0.05, 0) is 44.9 Å². The Morgan fingerprint density at radius 2 is 1.43 bits per heavy atom. The molecular weight excluding hydrogens is 421 g/mol. The number of carbonyl (C=O) groups excluding carboxylic acids is 1. The summed E-state index contributed by atoms with van der Waals surface area (Å²) in [5.41, 5.74) is 0. The maximum Gasteiger partial charge on any atom is 0.480 e. The van der Waals surface area contributed by atoms with Crippen molar-refractivity contribution in [1.29, 1.82) is 0 Å². The van der Waals surface area contributed by atoms with E-state index in [4.69, 9.17) is 9.79 Å². The fourth-order valence-corrected chi connectivity index (χ4v) is 3.40. The lowest BCUT2D eigenvalue weighted by atomic mass is 10.2. The second-order valence-corrected chi connectivity index (χ2v) is 8.94. The van der Waals surface area contributed by atoms with Crippen molar-refractivity contribution in [2.45, 2.75) is 71.1 Å². The van der Waals surface area contributed by atoms with Crippen LogP contribution in [0.25, 0.3) is 0 Å². The molecule has 1 amide bonds. The van der Waals surface area contributed by atoms with Crippen LogP contribution in [-0.4, -0.2) is 28.0 Å². The standard InChI is InChI=1S/C22H38NO5PS/c1-2-3-4-5-6-7-8-9-10-11-12-13-14-15-16-17-18-19-22(24)23-20-21-30-28-29(25,26)27/h6-7,9-10,12-13,15-16H,2-5,8,11,14,17-21H2,1H3,(H,23,24)(H2,25,26,27)/b7-6?,10-9?,13-12?,16-15-. The molecule has 0 fully saturated rings. The molecule has 0 heterocycles. The lowest BCUT2D eigenvalue weighted by molar-refractivity contribution is -0.121. The van der Waals surface area contributed by atoms with E-state index >= 15 is 0 Å². The summed E-state index contributed by atoms with van der Waals surface area (Å²) < 4.78 is 14.7. The Morgan fingerprint density at radius 1 is 0.900 bits per heavy atom. The summed E-state index contributed by atoms with van der Waals surface area (Å²) in [6.45, 7) is 2.54. The first-order chi connectivity index (χ1) is 14.5. The van der Waals surface area contributed by atoms with E-state index in [0.29, 0.717) is 25.0 Å². The van der Waals surface area contributed by atoms with Gasteiger partial charge in [0.2, 0.25) is 5.91 Å². The molecule has 0 aromatic rings. The van der Waals surface area contributed by atoms with Crippen molar-refractivity contribution in [3.63, 3.8) is 0 Å². The van der Waals surface area contributed by atoms with Crippen LogP contribution in [0, 0.1) is 0 Å². The fraction of sp³-hybridized carbons (Fsp3) is 0.591. The van der Waals surface area contributed by atoms with Gasteiger partial charge < -0.3 is 15.1 Å². The van der Waals surface area contributed by atoms with Gasteiger partial charge in [0.1, 0.15) is 0 Å². The minimum absolute atomic E-state index is 0.0670. The van der Waals surface area contributed by atoms with Crippen molar-refractivity contribution in [3.8, 4) is 0 Å². The van der Waals surface area contributed by atoms with Crippen LogP contribution in [0.3, 0.4) is 0 Å². The summed E-state index contributed by atoms with van der Waals surface area (Å²) in [6, 6.07) is 0. The van der Waals surface area contributed by atoms with Gasteiger partial charge in [0, 0.05) is 30.8 Å². The number of carbonyl (C=O) groups is 1. The third-order valence-corrected chi connectivity index (χ3v) is 5.46. The van der Waals surface area contributed by atoms with Crippen LogP contribution in [0.5, 0.6) is 0 Å². The molecule has 0 atom stereocenters. The minimum atomic E-state index is -4.45. The van der Waals surface area contributed by atoms with Crippen LogP contribution >= 0.6 is 19.9 Å². The molecule has 0 saturated heterocycles. The molecule has 30 heavy (non-hydrogen) atoms. The third kappa shape index (κ3) is 24.9. The highest BCUT2D eigenvalue weighted by atomic mass is 32.2. The quantitative estimate of drug-likeness (QED) is 0.0948. The molecule has 0 spiro atoms. The van der Waals surface area contributed by atoms with Gasteiger partial charge in [0.25, 0.3) is 0 Å². The zero-order chi connectivity index (χ0) is 22.3. The number of hydrogen-bond donors (Lipinski definition) is 3. The summed E-state index contributed by atoms with van der Waals surface area (Å²) in [7, 11) is -4.45. The SMILES string of the molecule is CCCCCC=CCC=CCC=CC/C=C\CCCC(=O)NCCSOP(=O)(O)O. The molecule has 0 bridgehead atoms. The molecule has 0 aliphatic rings. The number of hydrogen-bond acceptors (Lipinski definition) is 4. The van der Waals surface area contributed by atoms with E-state index in [2.05, 4.69) is 64.8 Å². The number of unbranched alkanes of at least 4 members (excludes halogenated alkanes) is 4. The lowest BCUT2D eigenvalue weighted by Gasteiger charge is -2.05. The van der Waals surface area contributed by atoms with Crippen LogP contribution in [-0.2, 0) is 13.3 Å². The molecule has 3 N–H and O–H groups in total. The van der Waals surface area contributed by atoms with Gasteiger partial charge in [0.15, 0.2) is 0 Å². The van der Waals surface area contributed by atoms with E-state index in [1.54, 1.807) is 0 Å². The first kappa shape index (κ1) is 28.9. The summed E-state index contributed by atoms with van der Waals surface area (Å²) >= 11 is 0.650. The number of nitrogens with one attached hydrogen (secondary N) is 1.